The Bertz CT molecular complexity index is 1090. The Labute approximate surface area is 177 Å². The van der Waals surface area contributed by atoms with Gasteiger partial charge < -0.3 is 14.8 Å². The summed E-state index contributed by atoms with van der Waals surface area (Å²) in [5, 5.41) is 12.8. The highest BCUT2D eigenvalue weighted by molar-refractivity contribution is 7.91. The zero-order valence-corrected chi connectivity index (χ0v) is 18.4. The molecule has 0 spiro atoms. The molecule has 2 aliphatic rings. The molecule has 162 valence electrons. The monoisotopic (exact) mass is 431 g/mol. The summed E-state index contributed by atoms with van der Waals surface area (Å²) >= 11 is 0. The lowest BCUT2D eigenvalue weighted by atomic mass is 9.94. The molecule has 4 rings (SSSR count). The van der Waals surface area contributed by atoms with E-state index in [0.717, 1.165) is 42.5 Å². The topological polar surface area (TPSA) is 115 Å². The van der Waals surface area contributed by atoms with Gasteiger partial charge in [0, 0.05) is 17.3 Å². The van der Waals surface area contributed by atoms with E-state index in [0.29, 0.717) is 11.5 Å². The van der Waals surface area contributed by atoms with Gasteiger partial charge in [-0.25, -0.2) is 18.5 Å². The fourth-order valence-corrected chi connectivity index (χ4v) is 4.96. The maximum Gasteiger partial charge on any atom is 0.332 e. The van der Waals surface area contributed by atoms with Gasteiger partial charge in [-0.15, -0.1) is 0 Å². The number of hydrogen-bond acceptors (Lipinski definition) is 5. The number of anilines is 1. The Morgan fingerprint density at radius 3 is 2.70 bits per heavy atom. The number of furan rings is 1. The summed E-state index contributed by atoms with van der Waals surface area (Å²) in [5.74, 6) is 0.663. The number of carbonyl (C=O) groups is 1. The molecule has 1 saturated carbocycles. The fourth-order valence-electron chi connectivity index (χ4n) is 4.07. The molecule has 0 radical (unpaired) electrons. The third kappa shape index (κ3) is 4.25. The molecule has 8 heteroatoms. The lowest BCUT2D eigenvalue weighted by Crippen LogP contribution is -2.34. The lowest BCUT2D eigenvalue weighted by molar-refractivity contribution is 0.0779. The Hall–Kier alpha value is -2.32. The molecule has 4 N–H and O–H groups in total. The number of nitrogens with one attached hydrogen (secondary N) is 3. The number of rotatable bonds is 6. The van der Waals surface area contributed by atoms with Gasteiger partial charge in [-0.05, 0) is 87.5 Å². The first-order valence-electron chi connectivity index (χ1n) is 10.4. The minimum atomic E-state index is -3.71. The Morgan fingerprint density at radius 1 is 1.33 bits per heavy atom. The van der Waals surface area contributed by atoms with E-state index in [-0.39, 0.29) is 5.09 Å². The maximum atomic E-state index is 12.8. The average Bonchev–Trinajstić information content (AvgIpc) is 3.10. The molecule has 0 aliphatic heterocycles. The van der Waals surface area contributed by atoms with Crippen LogP contribution in [0.3, 0.4) is 0 Å². The van der Waals surface area contributed by atoms with Gasteiger partial charge in [0.2, 0.25) is 5.09 Å². The van der Waals surface area contributed by atoms with Crippen molar-refractivity contribution >= 4 is 21.6 Å². The predicted molar refractivity (Wildman–Crippen MR) is 115 cm³/mol. The normalized spacial score (nSPS) is 18.0. The van der Waals surface area contributed by atoms with Crippen LogP contribution < -0.4 is 10.0 Å². The Morgan fingerprint density at radius 2 is 2.07 bits per heavy atom. The number of hydrogen-bond donors (Lipinski definition) is 4. The van der Waals surface area contributed by atoms with E-state index in [1.165, 1.54) is 36.3 Å². The molecule has 30 heavy (non-hydrogen) atoms. The molecule has 0 saturated heterocycles. The van der Waals surface area contributed by atoms with E-state index in [2.05, 4.69) is 23.0 Å². The van der Waals surface area contributed by atoms with E-state index in [1.807, 2.05) is 0 Å². The molecule has 1 heterocycles. The second-order valence-electron chi connectivity index (χ2n) is 9.01. The highest BCUT2D eigenvalue weighted by Gasteiger charge is 2.29. The summed E-state index contributed by atoms with van der Waals surface area (Å²) in [6.07, 6.45) is 7.57. The van der Waals surface area contributed by atoms with Crippen molar-refractivity contribution < 1.29 is 18.5 Å². The maximum absolute atomic E-state index is 12.8. The smallest absolute Gasteiger partial charge is 0.332 e. The van der Waals surface area contributed by atoms with Crippen molar-refractivity contribution in [3.8, 4) is 0 Å². The predicted octanol–water partition coefficient (Wildman–Crippen LogP) is 4.40. The first-order valence-corrected chi connectivity index (χ1v) is 11.9. The molecule has 2 amide bonds. The first kappa shape index (κ1) is 20.9. The number of aryl methyl sites for hydroxylation is 2. The van der Waals surface area contributed by atoms with Crippen LogP contribution in [0.1, 0.15) is 60.9 Å². The number of amides is 2. The van der Waals surface area contributed by atoms with Crippen LogP contribution in [0, 0.1) is 17.6 Å². The second kappa shape index (κ2) is 7.42. The van der Waals surface area contributed by atoms with Crippen molar-refractivity contribution in [1.82, 2.24) is 4.72 Å². The zero-order valence-electron chi connectivity index (χ0n) is 17.6. The first-order chi connectivity index (χ1) is 14.0. The van der Waals surface area contributed by atoms with Gasteiger partial charge in [0.05, 0.1) is 11.9 Å². The van der Waals surface area contributed by atoms with E-state index >= 15 is 0 Å². The van der Waals surface area contributed by atoms with Crippen LogP contribution in [0.5, 0.6) is 0 Å². The molecule has 1 unspecified atom stereocenters. The van der Waals surface area contributed by atoms with Crippen LogP contribution >= 0.6 is 0 Å². The number of benzene rings is 1. The van der Waals surface area contributed by atoms with Crippen LogP contribution in [0.2, 0.25) is 0 Å². The van der Waals surface area contributed by atoms with Gasteiger partial charge in [0.15, 0.2) is 9.92 Å². The summed E-state index contributed by atoms with van der Waals surface area (Å²) < 4.78 is 28.4. The largest absolute Gasteiger partial charge is 0.452 e. The van der Waals surface area contributed by atoms with Gasteiger partial charge in [0.25, 0.3) is 0 Å². The van der Waals surface area contributed by atoms with Crippen LogP contribution in [-0.2, 0) is 34.8 Å². The highest BCUT2D eigenvalue weighted by Crippen LogP contribution is 2.40. The lowest BCUT2D eigenvalue weighted by Gasteiger charge is -2.19. The van der Waals surface area contributed by atoms with Crippen LogP contribution in [0.25, 0.3) is 0 Å². The Kier molecular flexibility index (Phi) is 5.18. The van der Waals surface area contributed by atoms with E-state index in [9.17, 15) is 14.1 Å². The van der Waals surface area contributed by atoms with Crippen LogP contribution in [-0.4, -0.2) is 15.3 Å². The third-order valence-electron chi connectivity index (χ3n) is 5.96. The van der Waals surface area contributed by atoms with Crippen molar-refractivity contribution in [3.63, 3.8) is 0 Å². The summed E-state index contributed by atoms with van der Waals surface area (Å²) in [5.41, 5.74) is 4.75. The van der Waals surface area contributed by atoms with E-state index in [1.54, 1.807) is 13.8 Å². The van der Waals surface area contributed by atoms with Crippen LogP contribution in [0.4, 0.5) is 10.5 Å². The van der Waals surface area contributed by atoms with Gasteiger partial charge >= 0.3 is 6.03 Å². The molecule has 0 bridgehead atoms. The van der Waals surface area contributed by atoms with Crippen molar-refractivity contribution in [2.75, 3.05) is 5.32 Å². The number of fused-ring (bicyclic) bond motifs is 1. The number of urea groups is 1. The van der Waals surface area contributed by atoms with Gasteiger partial charge in [0.1, 0.15) is 0 Å². The standard InChI is InChI=1S/C22H29N3O4S/c1-13-9-15-5-4-6-17(15)20(18(13)10-14-7-8-14)24-21(26)25-30(23,28)19-11-16(12-29-19)22(2,3)27/h9,11-12,14,27H,4-8,10H2,1-3H3,(H3,23,24,25,26,28). The molecule has 1 atom stereocenters. The third-order valence-corrected chi connectivity index (χ3v) is 7.21. The Balaban J connectivity index is 1.57. The number of aliphatic hydroxyl groups is 1. The molecule has 2 aliphatic carbocycles. The molecule has 1 fully saturated rings. The zero-order chi connectivity index (χ0) is 21.7. The molecule has 7 nitrogen and oxygen atoms in total. The second-order valence-corrected chi connectivity index (χ2v) is 10.7. The van der Waals surface area contributed by atoms with Crippen molar-refractivity contribution in [3.05, 3.63) is 46.2 Å². The highest BCUT2D eigenvalue weighted by atomic mass is 32.2. The molecule has 2 aromatic rings. The fraction of sp³-hybridized carbons (Fsp3) is 0.500. The van der Waals surface area contributed by atoms with Crippen molar-refractivity contribution in [2.45, 2.75) is 70.0 Å². The minimum absolute atomic E-state index is 0.192. The number of carbonyl (C=O) groups excluding carboxylic acids is 1. The van der Waals surface area contributed by atoms with Gasteiger partial charge in [-0.1, -0.05) is 6.07 Å². The molecular weight excluding hydrogens is 402 g/mol. The van der Waals surface area contributed by atoms with Gasteiger partial charge in [-0.3, -0.25) is 0 Å². The summed E-state index contributed by atoms with van der Waals surface area (Å²) in [6.45, 7) is 5.20. The quantitative estimate of drug-likeness (QED) is 0.542. The van der Waals surface area contributed by atoms with E-state index in [4.69, 9.17) is 9.20 Å². The molecule has 1 aromatic carbocycles. The van der Waals surface area contributed by atoms with Crippen molar-refractivity contribution in [2.24, 2.45) is 5.92 Å². The molecule has 1 aromatic heterocycles. The summed E-state index contributed by atoms with van der Waals surface area (Å²) in [6, 6.07) is 2.89. The van der Waals surface area contributed by atoms with Gasteiger partial charge in [-0.2, -0.15) is 0 Å². The van der Waals surface area contributed by atoms with Crippen LogP contribution in [0.15, 0.2) is 27.9 Å². The average molecular weight is 432 g/mol. The molecular formula is C22H29N3O4S. The van der Waals surface area contributed by atoms with E-state index < -0.39 is 21.5 Å². The SMILES string of the molecule is Cc1cc2c(c(NC(=O)NS(=N)(=O)c3cc(C(C)(C)O)co3)c1CC1CC1)CCC2. The summed E-state index contributed by atoms with van der Waals surface area (Å²) in [7, 11) is -3.71. The van der Waals surface area contributed by atoms with Crippen molar-refractivity contribution in [1.29, 1.82) is 4.78 Å². The minimum Gasteiger partial charge on any atom is -0.452 e. The summed E-state index contributed by atoms with van der Waals surface area (Å²) in [4.78, 5) is 12.8.